The van der Waals surface area contributed by atoms with Gasteiger partial charge in [0, 0.05) is 0 Å². The van der Waals surface area contributed by atoms with Gasteiger partial charge in [0.25, 0.3) is 0 Å². The van der Waals surface area contributed by atoms with Crippen LogP contribution in [0.2, 0.25) is 0 Å². The van der Waals surface area contributed by atoms with Gasteiger partial charge in [-0.15, -0.1) is 0 Å². The number of fused-ring (bicyclic) bond motifs is 5. The summed E-state index contributed by atoms with van der Waals surface area (Å²) in [6.45, 7) is 2.21. The quantitative estimate of drug-likeness (QED) is 0.184. The molecular weight excluding hydrogens is 420 g/mol. The molecule has 0 amide bonds. The summed E-state index contributed by atoms with van der Waals surface area (Å²) in [7, 11) is 0. The number of hydrogen-bond donors (Lipinski definition) is 0. The molecule has 0 heteroatoms. The molecule has 7 rings (SSSR count). The van der Waals surface area contributed by atoms with E-state index in [0.717, 1.165) is 0 Å². The van der Waals surface area contributed by atoms with Crippen LogP contribution >= 0.6 is 0 Å². The Morgan fingerprint density at radius 3 is 1.37 bits per heavy atom. The molecule has 0 radical (unpaired) electrons. The minimum absolute atomic E-state index is 1.28. The molecule has 0 aromatic heterocycles. The van der Waals surface area contributed by atoms with Crippen molar-refractivity contribution in [3.8, 4) is 22.3 Å². The molecule has 0 N–H and O–H groups in total. The standard InChI is InChI=1S/C35H24/c1-23-12-2-4-14-25(23)34-29-18-8-10-20-31(29)35(32-21-11-9-19-30(32)34)33-22-24-13-3-5-15-26(24)27-16-6-7-17-28(27)33/h2-22H,1H3. The van der Waals surface area contributed by atoms with Crippen LogP contribution in [0.4, 0.5) is 0 Å². The summed E-state index contributed by atoms with van der Waals surface area (Å²) in [5.41, 5.74) is 6.53. The summed E-state index contributed by atoms with van der Waals surface area (Å²) in [6.07, 6.45) is 0. The molecule has 0 saturated heterocycles. The van der Waals surface area contributed by atoms with Crippen molar-refractivity contribution in [3.05, 3.63) is 133 Å². The largest absolute Gasteiger partial charge is 0.0620 e. The molecule has 0 saturated carbocycles. The maximum atomic E-state index is 2.39. The van der Waals surface area contributed by atoms with Crippen molar-refractivity contribution < 1.29 is 0 Å². The van der Waals surface area contributed by atoms with Gasteiger partial charge >= 0.3 is 0 Å². The van der Waals surface area contributed by atoms with Crippen molar-refractivity contribution in [1.29, 1.82) is 0 Å². The Kier molecular flexibility index (Phi) is 4.47. The lowest BCUT2D eigenvalue weighted by Crippen LogP contribution is -1.93. The highest BCUT2D eigenvalue weighted by Crippen LogP contribution is 2.46. The lowest BCUT2D eigenvalue weighted by Gasteiger charge is -2.20. The molecule has 35 heavy (non-hydrogen) atoms. The molecular formula is C35H24. The molecule has 0 fully saturated rings. The second-order valence-electron chi connectivity index (χ2n) is 9.35. The van der Waals surface area contributed by atoms with E-state index in [9.17, 15) is 0 Å². The van der Waals surface area contributed by atoms with Crippen molar-refractivity contribution in [2.45, 2.75) is 6.92 Å². The fourth-order valence-corrected chi connectivity index (χ4v) is 5.82. The average molecular weight is 445 g/mol. The predicted octanol–water partition coefficient (Wildman–Crippen LogP) is 9.94. The third kappa shape index (κ3) is 3.00. The van der Waals surface area contributed by atoms with E-state index in [1.54, 1.807) is 0 Å². The predicted molar refractivity (Wildman–Crippen MR) is 152 cm³/mol. The van der Waals surface area contributed by atoms with Gasteiger partial charge in [0.05, 0.1) is 0 Å². The lowest BCUT2D eigenvalue weighted by molar-refractivity contribution is 1.47. The van der Waals surface area contributed by atoms with Crippen LogP contribution in [0.25, 0.3) is 65.3 Å². The van der Waals surface area contributed by atoms with Gasteiger partial charge in [-0.25, -0.2) is 0 Å². The average Bonchev–Trinajstić information content (AvgIpc) is 2.92. The summed E-state index contributed by atoms with van der Waals surface area (Å²) >= 11 is 0. The van der Waals surface area contributed by atoms with Crippen molar-refractivity contribution in [1.82, 2.24) is 0 Å². The Hall–Kier alpha value is -4.42. The molecule has 0 bridgehead atoms. The first-order valence-corrected chi connectivity index (χ1v) is 12.2. The van der Waals surface area contributed by atoms with Crippen molar-refractivity contribution in [2.75, 3.05) is 0 Å². The van der Waals surface area contributed by atoms with Crippen LogP contribution in [0.5, 0.6) is 0 Å². The van der Waals surface area contributed by atoms with Crippen LogP contribution in [-0.2, 0) is 0 Å². The zero-order valence-electron chi connectivity index (χ0n) is 19.6. The zero-order valence-corrected chi connectivity index (χ0v) is 19.6. The van der Waals surface area contributed by atoms with Gasteiger partial charge in [-0.1, -0.05) is 121 Å². The van der Waals surface area contributed by atoms with E-state index in [-0.39, 0.29) is 0 Å². The summed E-state index contributed by atoms with van der Waals surface area (Å²) in [5, 5.41) is 10.4. The second-order valence-corrected chi connectivity index (χ2v) is 9.35. The maximum Gasteiger partial charge on any atom is -0.00199 e. The molecule has 0 unspecified atom stereocenters. The number of benzene rings is 7. The molecule has 0 heterocycles. The van der Waals surface area contributed by atoms with Crippen LogP contribution < -0.4 is 0 Å². The molecule has 0 aliphatic rings. The van der Waals surface area contributed by atoms with Gasteiger partial charge in [0.1, 0.15) is 0 Å². The molecule has 164 valence electrons. The van der Waals surface area contributed by atoms with Crippen LogP contribution in [0, 0.1) is 6.92 Å². The second kappa shape index (κ2) is 7.82. The maximum absolute atomic E-state index is 2.39. The lowest BCUT2D eigenvalue weighted by atomic mass is 9.83. The third-order valence-electron chi connectivity index (χ3n) is 7.38. The summed E-state index contributed by atoms with van der Waals surface area (Å²) in [4.78, 5) is 0. The molecule has 0 aliphatic carbocycles. The smallest absolute Gasteiger partial charge is 0.00199 e. The SMILES string of the molecule is Cc1ccccc1-c1c2ccccc2c(-c2cc3ccccc3c3ccccc23)c2ccccc12. The van der Waals surface area contributed by atoms with Gasteiger partial charge in [-0.2, -0.15) is 0 Å². The van der Waals surface area contributed by atoms with Gasteiger partial charge in [-0.3, -0.25) is 0 Å². The minimum atomic E-state index is 1.28. The Bertz CT molecular complexity index is 1850. The zero-order chi connectivity index (χ0) is 23.4. The third-order valence-corrected chi connectivity index (χ3v) is 7.38. The van der Waals surface area contributed by atoms with E-state index >= 15 is 0 Å². The summed E-state index contributed by atoms with van der Waals surface area (Å²) in [5.74, 6) is 0. The molecule has 0 spiro atoms. The molecule has 0 atom stereocenters. The van der Waals surface area contributed by atoms with E-state index in [1.165, 1.54) is 70.9 Å². The van der Waals surface area contributed by atoms with Gasteiger partial charge in [-0.05, 0) is 83.9 Å². The van der Waals surface area contributed by atoms with Crippen molar-refractivity contribution in [3.63, 3.8) is 0 Å². The topological polar surface area (TPSA) is 0 Å². The van der Waals surface area contributed by atoms with Crippen molar-refractivity contribution in [2.24, 2.45) is 0 Å². The summed E-state index contributed by atoms with van der Waals surface area (Å²) < 4.78 is 0. The number of rotatable bonds is 2. The first-order valence-electron chi connectivity index (χ1n) is 12.2. The van der Waals surface area contributed by atoms with Gasteiger partial charge in [0.2, 0.25) is 0 Å². The van der Waals surface area contributed by atoms with Crippen molar-refractivity contribution >= 4 is 43.1 Å². The highest BCUT2D eigenvalue weighted by molar-refractivity contribution is 6.25. The van der Waals surface area contributed by atoms with E-state index in [2.05, 4.69) is 134 Å². The van der Waals surface area contributed by atoms with Crippen LogP contribution in [0.3, 0.4) is 0 Å². The normalized spacial score (nSPS) is 11.6. The summed E-state index contributed by atoms with van der Waals surface area (Å²) in [6, 6.07) is 46.6. The molecule has 0 nitrogen and oxygen atoms in total. The molecule has 7 aromatic carbocycles. The van der Waals surface area contributed by atoms with E-state index in [0.29, 0.717) is 0 Å². The van der Waals surface area contributed by atoms with Crippen LogP contribution in [-0.4, -0.2) is 0 Å². The highest BCUT2D eigenvalue weighted by atomic mass is 14.2. The first-order chi connectivity index (χ1) is 17.3. The Labute approximate surface area is 205 Å². The minimum Gasteiger partial charge on any atom is -0.0620 e. The van der Waals surface area contributed by atoms with E-state index < -0.39 is 0 Å². The molecule has 0 aliphatic heterocycles. The highest BCUT2D eigenvalue weighted by Gasteiger charge is 2.19. The van der Waals surface area contributed by atoms with E-state index in [1.807, 2.05) is 0 Å². The molecule has 7 aromatic rings. The van der Waals surface area contributed by atoms with E-state index in [4.69, 9.17) is 0 Å². The Morgan fingerprint density at radius 1 is 0.343 bits per heavy atom. The van der Waals surface area contributed by atoms with Crippen LogP contribution in [0.15, 0.2) is 127 Å². The number of aryl methyl sites for hydroxylation is 1. The fraction of sp³-hybridized carbons (Fsp3) is 0.0286. The fourth-order valence-electron chi connectivity index (χ4n) is 5.82. The first kappa shape index (κ1) is 20.0. The van der Waals surface area contributed by atoms with Gasteiger partial charge in [0.15, 0.2) is 0 Å². The monoisotopic (exact) mass is 444 g/mol. The Balaban J connectivity index is 1.72. The van der Waals surface area contributed by atoms with Crippen LogP contribution in [0.1, 0.15) is 5.56 Å². The Morgan fingerprint density at radius 2 is 0.771 bits per heavy atom. The number of hydrogen-bond acceptors (Lipinski definition) is 0. The van der Waals surface area contributed by atoms with Gasteiger partial charge < -0.3 is 0 Å².